The van der Waals surface area contributed by atoms with Gasteiger partial charge in [-0.05, 0) is 12.3 Å². The Morgan fingerprint density at radius 2 is 1.81 bits per heavy atom. The molecule has 0 bridgehead atoms. The molecule has 36 heavy (non-hydrogen) atoms. The van der Waals surface area contributed by atoms with Crippen LogP contribution < -0.4 is 5.73 Å². The van der Waals surface area contributed by atoms with Gasteiger partial charge in [-0.25, -0.2) is 9.48 Å². The Morgan fingerprint density at radius 1 is 1.17 bits per heavy atom. The lowest BCUT2D eigenvalue weighted by atomic mass is 9.76. The van der Waals surface area contributed by atoms with E-state index < -0.39 is 12.0 Å². The van der Waals surface area contributed by atoms with Crippen molar-refractivity contribution in [3.63, 3.8) is 0 Å². The average molecular weight is 510 g/mol. The smallest absolute Gasteiger partial charge is 0.330 e. The summed E-state index contributed by atoms with van der Waals surface area (Å²) in [7, 11) is 1.27. The van der Waals surface area contributed by atoms with Crippen molar-refractivity contribution in [3.05, 3.63) is 23.2 Å². The zero-order chi connectivity index (χ0) is 26.6. The van der Waals surface area contributed by atoms with Crippen molar-refractivity contribution < 1.29 is 33.6 Å². The summed E-state index contributed by atoms with van der Waals surface area (Å²) in [6, 6.07) is -0.926. The van der Waals surface area contributed by atoms with Gasteiger partial charge in [0.2, 0.25) is 0 Å². The van der Waals surface area contributed by atoms with Crippen LogP contribution in [0.5, 0.6) is 0 Å². The Balaban J connectivity index is 1.88. The van der Waals surface area contributed by atoms with Gasteiger partial charge < -0.3 is 29.8 Å². The fourth-order valence-corrected chi connectivity index (χ4v) is 3.84. The van der Waals surface area contributed by atoms with Crippen LogP contribution in [0.15, 0.2) is 22.5 Å². The summed E-state index contributed by atoms with van der Waals surface area (Å²) in [5, 5.41) is 18.6. The molecule has 0 saturated carbocycles. The van der Waals surface area contributed by atoms with Gasteiger partial charge in [0.1, 0.15) is 5.76 Å². The molecule has 1 aliphatic carbocycles. The lowest BCUT2D eigenvalue weighted by Gasteiger charge is -2.29. The van der Waals surface area contributed by atoms with Gasteiger partial charge in [-0.3, -0.25) is 9.79 Å². The molecule has 1 atom stereocenters. The van der Waals surface area contributed by atoms with Crippen molar-refractivity contribution in [1.82, 2.24) is 15.0 Å². The molecular weight excluding hydrogens is 470 g/mol. The number of allylic oxidation sites excluding steroid dienone is 2. The third-order valence-corrected chi connectivity index (χ3v) is 5.50. The van der Waals surface area contributed by atoms with Crippen LogP contribution in [0.1, 0.15) is 39.3 Å². The first kappa shape index (κ1) is 29.6. The van der Waals surface area contributed by atoms with Crippen LogP contribution in [-0.2, 0) is 41.5 Å². The van der Waals surface area contributed by atoms with E-state index in [4.69, 9.17) is 24.7 Å². The SMILES string of the molecule is COC(=O)[C@H](Cc1cn(CCOCCOCCOCCN)nn1)N=C(C)C1=C(O)CC(C)(C)CC1=O. The summed E-state index contributed by atoms with van der Waals surface area (Å²) in [4.78, 5) is 29.4. The highest BCUT2D eigenvalue weighted by Crippen LogP contribution is 2.36. The number of aliphatic hydroxyl groups is 1. The number of nitrogens with zero attached hydrogens (tertiary/aromatic N) is 4. The van der Waals surface area contributed by atoms with Crippen molar-refractivity contribution in [1.29, 1.82) is 0 Å². The van der Waals surface area contributed by atoms with Crippen LogP contribution in [-0.4, -0.2) is 96.9 Å². The number of hydrogen-bond acceptors (Lipinski definition) is 11. The zero-order valence-corrected chi connectivity index (χ0v) is 21.7. The van der Waals surface area contributed by atoms with Crippen LogP contribution in [0.2, 0.25) is 0 Å². The quantitative estimate of drug-likeness (QED) is 0.187. The van der Waals surface area contributed by atoms with E-state index in [-0.39, 0.29) is 29.0 Å². The minimum absolute atomic E-state index is 0.00242. The Bertz CT molecular complexity index is 926. The molecule has 0 spiro atoms. The number of methoxy groups -OCH3 is 1. The van der Waals surface area contributed by atoms with Gasteiger partial charge in [-0.1, -0.05) is 19.1 Å². The fourth-order valence-electron chi connectivity index (χ4n) is 3.84. The van der Waals surface area contributed by atoms with E-state index in [1.54, 1.807) is 17.8 Å². The van der Waals surface area contributed by atoms with Gasteiger partial charge in [0.05, 0.1) is 64.6 Å². The number of hydrogen-bond donors (Lipinski definition) is 2. The zero-order valence-electron chi connectivity index (χ0n) is 21.7. The average Bonchev–Trinajstić information content (AvgIpc) is 3.25. The molecule has 0 radical (unpaired) electrons. The molecule has 0 unspecified atom stereocenters. The van der Waals surface area contributed by atoms with E-state index in [0.717, 1.165) is 0 Å². The van der Waals surface area contributed by atoms with Crippen molar-refractivity contribution in [2.45, 2.75) is 52.6 Å². The Kier molecular flexibility index (Phi) is 12.1. The number of ether oxygens (including phenoxy) is 4. The topological polar surface area (TPSA) is 160 Å². The van der Waals surface area contributed by atoms with Gasteiger partial charge >= 0.3 is 5.97 Å². The predicted molar refractivity (Wildman–Crippen MR) is 132 cm³/mol. The van der Waals surface area contributed by atoms with Gasteiger partial charge in [-0.15, -0.1) is 5.10 Å². The molecule has 0 fully saturated rings. The maximum atomic E-state index is 12.6. The van der Waals surface area contributed by atoms with Crippen LogP contribution >= 0.6 is 0 Å². The summed E-state index contributed by atoms with van der Waals surface area (Å²) >= 11 is 0. The van der Waals surface area contributed by atoms with E-state index in [2.05, 4.69) is 15.3 Å². The van der Waals surface area contributed by atoms with Gasteiger partial charge in [0, 0.05) is 37.7 Å². The lowest BCUT2D eigenvalue weighted by molar-refractivity contribution is -0.142. The Morgan fingerprint density at radius 3 is 2.42 bits per heavy atom. The maximum Gasteiger partial charge on any atom is 0.330 e. The number of ketones is 1. The number of rotatable bonds is 16. The Hall–Kier alpha value is -2.67. The van der Waals surface area contributed by atoms with E-state index in [9.17, 15) is 14.7 Å². The number of nitrogens with two attached hydrogens (primary N) is 1. The fraction of sp³-hybridized carbons (Fsp3) is 0.708. The minimum Gasteiger partial charge on any atom is -0.511 e. The van der Waals surface area contributed by atoms with E-state index in [1.165, 1.54) is 7.11 Å². The second-order valence-electron chi connectivity index (χ2n) is 9.32. The second-order valence-corrected chi connectivity index (χ2v) is 9.32. The molecule has 0 aliphatic heterocycles. The van der Waals surface area contributed by atoms with E-state index in [0.29, 0.717) is 77.0 Å². The van der Waals surface area contributed by atoms with Gasteiger partial charge in [0.15, 0.2) is 11.8 Å². The Labute approximate surface area is 211 Å². The molecule has 12 nitrogen and oxygen atoms in total. The monoisotopic (exact) mass is 509 g/mol. The van der Waals surface area contributed by atoms with Crippen LogP contribution in [0, 0.1) is 5.41 Å². The van der Waals surface area contributed by atoms with Crippen LogP contribution in [0.3, 0.4) is 0 Å². The van der Waals surface area contributed by atoms with Crippen molar-refractivity contribution >= 4 is 17.5 Å². The van der Waals surface area contributed by atoms with Crippen LogP contribution in [0.25, 0.3) is 0 Å². The van der Waals surface area contributed by atoms with Crippen LogP contribution in [0.4, 0.5) is 0 Å². The summed E-state index contributed by atoms with van der Waals surface area (Å²) in [5.74, 6) is -0.758. The standard InChI is InChI=1S/C24H39N5O7/c1-17(22-20(30)14-24(2,3)15-21(22)31)26-19(23(32)33-4)13-18-16-29(28-27-18)6-8-35-10-12-36-11-9-34-7-5-25/h16,19,30H,5-15,25H2,1-4H3/t19-/m0/s1. The molecule has 1 aromatic heterocycles. The van der Waals surface area contributed by atoms with Crippen molar-refractivity contribution in [3.8, 4) is 0 Å². The molecule has 2 rings (SSSR count). The van der Waals surface area contributed by atoms with E-state index >= 15 is 0 Å². The number of aliphatic imine (C=N–C) groups is 1. The number of carbonyl (C=O) groups excluding carboxylic acids is 2. The molecule has 12 heteroatoms. The first-order valence-corrected chi connectivity index (χ1v) is 12.1. The summed E-state index contributed by atoms with van der Waals surface area (Å²) < 4.78 is 22.6. The first-order valence-electron chi connectivity index (χ1n) is 12.1. The molecule has 3 N–H and O–H groups in total. The highest BCUT2D eigenvalue weighted by atomic mass is 16.5. The normalized spacial score (nSPS) is 16.9. The molecule has 202 valence electrons. The summed E-state index contributed by atoms with van der Waals surface area (Å²) in [6.45, 7) is 9.25. The molecule has 1 heterocycles. The molecule has 0 amide bonds. The van der Waals surface area contributed by atoms with Crippen molar-refractivity contribution in [2.75, 3.05) is 53.3 Å². The number of aromatic nitrogens is 3. The molecule has 0 saturated heterocycles. The minimum atomic E-state index is -0.926. The number of esters is 1. The third kappa shape index (κ3) is 9.76. The lowest BCUT2D eigenvalue weighted by Crippen LogP contribution is -2.30. The highest BCUT2D eigenvalue weighted by Gasteiger charge is 2.34. The molecule has 0 aromatic carbocycles. The van der Waals surface area contributed by atoms with E-state index in [1.807, 2.05) is 13.8 Å². The molecule has 1 aromatic rings. The molecule has 1 aliphatic rings. The highest BCUT2D eigenvalue weighted by molar-refractivity contribution is 6.22. The number of aliphatic hydroxyl groups excluding tert-OH is 1. The number of carbonyl (C=O) groups is 2. The predicted octanol–water partition coefficient (Wildman–Crippen LogP) is 1.03. The first-order chi connectivity index (χ1) is 17.2. The summed E-state index contributed by atoms with van der Waals surface area (Å²) in [5.41, 5.74) is 6.04. The second kappa shape index (κ2) is 14.8. The van der Waals surface area contributed by atoms with Crippen molar-refractivity contribution in [2.24, 2.45) is 16.1 Å². The molecular formula is C24H39N5O7. The van der Waals surface area contributed by atoms with Gasteiger partial charge in [-0.2, -0.15) is 0 Å². The maximum absolute atomic E-state index is 12.6. The summed E-state index contributed by atoms with van der Waals surface area (Å²) in [6.07, 6.45) is 2.52. The van der Waals surface area contributed by atoms with Gasteiger partial charge in [0.25, 0.3) is 0 Å². The third-order valence-electron chi connectivity index (χ3n) is 5.50. The number of Topliss-reactive ketones (excluding diaryl/α,β-unsaturated/α-hetero) is 1. The largest absolute Gasteiger partial charge is 0.511 e.